The largest absolute Gasteiger partial charge is 0.308 e. The average Bonchev–Trinajstić information content (AvgIpc) is 2.19. The summed E-state index contributed by atoms with van der Waals surface area (Å²) in [4.78, 5) is 0. The first-order valence-corrected chi connectivity index (χ1v) is 5.42. The van der Waals surface area contributed by atoms with E-state index in [1.165, 1.54) is 18.5 Å². The molecule has 70 valence electrons. The van der Waals surface area contributed by atoms with Crippen molar-refractivity contribution < 1.29 is 0 Å². The van der Waals surface area contributed by atoms with E-state index in [1.807, 2.05) is 6.07 Å². The first-order valence-electron chi connectivity index (χ1n) is 4.63. The van der Waals surface area contributed by atoms with Gasteiger partial charge in [0.2, 0.25) is 0 Å². The summed E-state index contributed by atoms with van der Waals surface area (Å²) in [6.45, 7) is 2.20. The molecule has 1 heterocycles. The molecule has 0 radical (unpaired) electrons. The molecule has 1 saturated heterocycles. The molecule has 0 saturated carbocycles. The van der Waals surface area contributed by atoms with Crippen molar-refractivity contribution in [1.29, 1.82) is 0 Å². The van der Waals surface area contributed by atoms with E-state index in [4.69, 9.17) is 0 Å². The van der Waals surface area contributed by atoms with E-state index in [1.54, 1.807) is 0 Å². The Kier molecular flexibility index (Phi) is 2.86. The maximum atomic E-state index is 3.47. The molecule has 0 amide bonds. The highest BCUT2D eigenvalue weighted by Gasteiger charge is 2.09. The summed E-state index contributed by atoms with van der Waals surface area (Å²) >= 11 is 3.47. The number of hydrogen-bond acceptors (Lipinski definition) is 2. The molecule has 0 aliphatic carbocycles. The Morgan fingerprint density at radius 1 is 1.31 bits per heavy atom. The predicted molar refractivity (Wildman–Crippen MR) is 58.7 cm³/mol. The van der Waals surface area contributed by atoms with Crippen molar-refractivity contribution in [3.8, 4) is 0 Å². The van der Waals surface area contributed by atoms with Crippen molar-refractivity contribution in [2.24, 2.45) is 0 Å². The van der Waals surface area contributed by atoms with Crippen LogP contribution in [0.4, 0.5) is 5.69 Å². The lowest BCUT2D eigenvalue weighted by Crippen LogP contribution is -2.43. The predicted octanol–water partition coefficient (Wildman–Crippen LogP) is 2.55. The Bertz CT molecular complexity index is 282. The summed E-state index contributed by atoms with van der Waals surface area (Å²) in [5.74, 6) is 0. The Morgan fingerprint density at radius 2 is 2.23 bits per heavy atom. The monoisotopic (exact) mass is 240 g/mol. The van der Waals surface area contributed by atoms with Gasteiger partial charge in [-0.25, -0.2) is 5.43 Å². The van der Waals surface area contributed by atoms with Gasteiger partial charge in [0.25, 0.3) is 0 Å². The third kappa shape index (κ3) is 2.23. The number of hydrazine groups is 1. The van der Waals surface area contributed by atoms with E-state index in [0.717, 1.165) is 17.6 Å². The van der Waals surface area contributed by atoms with Crippen molar-refractivity contribution >= 4 is 21.6 Å². The highest BCUT2D eigenvalue weighted by molar-refractivity contribution is 9.10. The van der Waals surface area contributed by atoms with Gasteiger partial charge in [0.15, 0.2) is 0 Å². The molecule has 0 aromatic heterocycles. The highest BCUT2D eigenvalue weighted by Crippen LogP contribution is 2.20. The quantitative estimate of drug-likeness (QED) is 0.812. The summed E-state index contributed by atoms with van der Waals surface area (Å²) in [7, 11) is 0. The summed E-state index contributed by atoms with van der Waals surface area (Å²) < 4.78 is 1.14. The fraction of sp³-hybridized carbons (Fsp3) is 0.400. The Morgan fingerprint density at radius 3 is 2.92 bits per heavy atom. The molecule has 1 aromatic carbocycles. The minimum absolute atomic E-state index is 1.09. The number of benzene rings is 1. The summed E-state index contributed by atoms with van der Waals surface area (Å²) in [5.41, 5.74) is 4.62. The molecule has 1 fully saturated rings. The van der Waals surface area contributed by atoms with Gasteiger partial charge in [0.1, 0.15) is 0 Å². The molecule has 3 heteroatoms. The molecule has 0 spiro atoms. The molecule has 0 atom stereocenters. The fourth-order valence-corrected chi connectivity index (χ4v) is 1.94. The first-order chi connectivity index (χ1) is 6.36. The molecule has 0 bridgehead atoms. The topological polar surface area (TPSA) is 15.3 Å². The van der Waals surface area contributed by atoms with Crippen molar-refractivity contribution in [3.05, 3.63) is 28.7 Å². The second kappa shape index (κ2) is 4.11. The summed E-state index contributed by atoms with van der Waals surface area (Å²) in [6.07, 6.45) is 2.56. The van der Waals surface area contributed by atoms with Gasteiger partial charge in [0.05, 0.1) is 5.69 Å². The molecular weight excluding hydrogens is 228 g/mol. The van der Waals surface area contributed by atoms with Crippen LogP contribution in [0.5, 0.6) is 0 Å². The van der Waals surface area contributed by atoms with Gasteiger partial charge < -0.3 is 5.01 Å². The second-order valence-corrected chi connectivity index (χ2v) is 4.16. The minimum atomic E-state index is 1.09. The highest BCUT2D eigenvalue weighted by atomic mass is 79.9. The maximum Gasteiger partial charge on any atom is 0.0530 e. The molecule has 2 nitrogen and oxygen atoms in total. The van der Waals surface area contributed by atoms with E-state index in [0.29, 0.717) is 0 Å². The van der Waals surface area contributed by atoms with Crippen LogP contribution >= 0.6 is 15.9 Å². The Hall–Kier alpha value is -0.540. The van der Waals surface area contributed by atoms with E-state index >= 15 is 0 Å². The van der Waals surface area contributed by atoms with Crippen LogP contribution in [0.15, 0.2) is 28.7 Å². The van der Waals surface area contributed by atoms with Crippen LogP contribution in [0, 0.1) is 0 Å². The summed E-state index contributed by atoms with van der Waals surface area (Å²) in [6, 6.07) is 8.38. The van der Waals surface area contributed by atoms with Gasteiger partial charge in [-0.05, 0) is 31.0 Å². The van der Waals surface area contributed by atoms with Gasteiger partial charge in [-0.15, -0.1) is 0 Å². The van der Waals surface area contributed by atoms with Crippen LogP contribution in [0.25, 0.3) is 0 Å². The van der Waals surface area contributed by atoms with E-state index in [9.17, 15) is 0 Å². The van der Waals surface area contributed by atoms with Crippen LogP contribution in [0.1, 0.15) is 12.8 Å². The standard InChI is InChI=1S/C10H13BrN2/c11-9-4-3-5-10(8-9)13-7-2-1-6-12-13/h3-5,8,12H,1-2,6-7H2. The zero-order valence-electron chi connectivity index (χ0n) is 7.46. The lowest BCUT2D eigenvalue weighted by atomic mass is 10.2. The lowest BCUT2D eigenvalue weighted by Gasteiger charge is -2.29. The van der Waals surface area contributed by atoms with Gasteiger partial charge >= 0.3 is 0 Å². The Balaban J connectivity index is 2.14. The van der Waals surface area contributed by atoms with Gasteiger partial charge in [-0.2, -0.15) is 0 Å². The smallest absolute Gasteiger partial charge is 0.0530 e. The minimum Gasteiger partial charge on any atom is -0.308 e. The van der Waals surface area contributed by atoms with E-state index < -0.39 is 0 Å². The molecule has 1 N–H and O–H groups in total. The number of halogens is 1. The van der Waals surface area contributed by atoms with Gasteiger partial charge in [0, 0.05) is 17.6 Å². The van der Waals surface area contributed by atoms with Crippen LogP contribution < -0.4 is 10.4 Å². The molecular formula is C10H13BrN2. The fourth-order valence-electron chi connectivity index (χ4n) is 1.55. The Labute approximate surface area is 87.0 Å². The zero-order chi connectivity index (χ0) is 9.10. The van der Waals surface area contributed by atoms with Crippen LogP contribution in [0.2, 0.25) is 0 Å². The van der Waals surface area contributed by atoms with Crippen molar-refractivity contribution in [3.63, 3.8) is 0 Å². The van der Waals surface area contributed by atoms with Gasteiger partial charge in [-0.1, -0.05) is 22.0 Å². The van der Waals surface area contributed by atoms with E-state index in [-0.39, 0.29) is 0 Å². The van der Waals surface area contributed by atoms with Crippen LogP contribution in [0.3, 0.4) is 0 Å². The van der Waals surface area contributed by atoms with Crippen LogP contribution in [-0.2, 0) is 0 Å². The molecule has 1 aliphatic heterocycles. The lowest BCUT2D eigenvalue weighted by molar-refractivity contribution is 0.512. The average molecular weight is 241 g/mol. The molecule has 1 aromatic rings. The number of nitrogens with zero attached hydrogens (tertiary/aromatic N) is 1. The van der Waals surface area contributed by atoms with Crippen LogP contribution in [-0.4, -0.2) is 13.1 Å². The first kappa shape index (κ1) is 9.03. The normalized spacial score (nSPS) is 17.5. The van der Waals surface area contributed by atoms with E-state index in [2.05, 4.69) is 44.6 Å². The maximum absolute atomic E-state index is 3.47. The SMILES string of the molecule is Brc1cccc(N2CCCCN2)c1. The number of nitrogens with one attached hydrogen (secondary N) is 1. The van der Waals surface area contributed by atoms with Crippen molar-refractivity contribution in [1.82, 2.24) is 5.43 Å². The number of hydrogen-bond donors (Lipinski definition) is 1. The zero-order valence-corrected chi connectivity index (χ0v) is 9.05. The number of anilines is 1. The molecule has 1 aliphatic rings. The summed E-state index contributed by atoms with van der Waals surface area (Å²) in [5, 5.41) is 2.22. The third-order valence-electron chi connectivity index (χ3n) is 2.23. The number of rotatable bonds is 1. The molecule has 13 heavy (non-hydrogen) atoms. The second-order valence-electron chi connectivity index (χ2n) is 3.25. The van der Waals surface area contributed by atoms with Gasteiger partial charge in [-0.3, -0.25) is 0 Å². The third-order valence-corrected chi connectivity index (χ3v) is 2.72. The van der Waals surface area contributed by atoms with Crippen molar-refractivity contribution in [2.45, 2.75) is 12.8 Å². The van der Waals surface area contributed by atoms with Crippen molar-refractivity contribution in [2.75, 3.05) is 18.1 Å². The molecule has 2 rings (SSSR count). The molecule has 0 unspecified atom stereocenters.